The Bertz CT molecular complexity index is 2040. The first-order valence-electron chi connectivity index (χ1n) is 19.5. The van der Waals surface area contributed by atoms with Gasteiger partial charge >= 0.3 is 17.9 Å². The maximum Gasteiger partial charge on any atom is 0.339 e. The van der Waals surface area contributed by atoms with Crippen LogP contribution in [0.25, 0.3) is 0 Å². The summed E-state index contributed by atoms with van der Waals surface area (Å²) in [4.78, 5) is 38.2. The molecule has 3 aromatic rings. The third kappa shape index (κ3) is 11.2. The van der Waals surface area contributed by atoms with Gasteiger partial charge in [0.2, 0.25) is 0 Å². The van der Waals surface area contributed by atoms with Crippen LogP contribution in [0.5, 0.6) is 5.75 Å². The van der Waals surface area contributed by atoms with Crippen LogP contribution in [0, 0.1) is 59.7 Å². The van der Waals surface area contributed by atoms with Crippen molar-refractivity contribution in [1.29, 1.82) is 0 Å². The van der Waals surface area contributed by atoms with Crippen molar-refractivity contribution in [2.75, 3.05) is 11.7 Å². The number of terminal acetylenes is 1. The van der Waals surface area contributed by atoms with Gasteiger partial charge in [-0.15, -0.1) is 6.42 Å². The zero-order chi connectivity index (χ0) is 39.3. The van der Waals surface area contributed by atoms with Crippen LogP contribution in [-0.2, 0) is 19.1 Å². The van der Waals surface area contributed by atoms with E-state index in [9.17, 15) is 19.5 Å². The number of carboxylic acid groups (broad SMARTS) is 1. The van der Waals surface area contributed by atoms with Crippen LogP contribution in [0.4, 0.5) is 0 Å². The average molecular weight is 866 g/mol. The number of hydrogen-bond acceptors (Lipinski definition) is 7. The van der Waals surface area contributed by atoms with Gasteiger partial charge in [-0.25, -0.2) is 4.79 Å². The Balaban J connectivity index is 1.15. The van der Waals surface area contributed by atoms with Gasteiger partial charge in [0.15, 0.2) is 5.60 Å². The number of rotatable bonds is 9. The Kier molecular flexibility index (Phi) is 14.5. The van der Waals surface area contributed by atoms with Crippen molar-refractivity contribution in [3.63, 3.8) is 0 Å². The number of carbonyl (C=O) groups is 3. The largest absolute Gasteiger partial charge is 0.481 e. The second kappa shape index (κ2) is 19.9. The highest BCUT2D eigenvalue weighted by molar-refractivity contribution is 14.2. The summed E-state index contributed by atoms with van der Waals surface area (Å²) in [5.74, 6) is 14.4. The molecule has 0 heterocycles. The molecule has 3 aliphatic carbocycles. The van der Waals surface area contributed by atoms with E-state index in [1.165, 1.54) is 25.0 Å². The number of hydrogen-bond donors (Lipinski definition) is 1. The molecule has 56 heavy (non-hydrogen) atoms. The standard InChI is InChI=1S/C47H48INO7/c1-3-36-31-41(21-24-43(36)55-45(52)40-17-15-39(16-18-40)44(50)51)46(53)56-47(28-25-35-13-11-34(12-14-35)10-9-33-7-5-4-6-8-33)29-26-38(27-30-47)37-19-22-42(23-20-37)49-48-32-54-2/h1,4-8,11-14,21,24,31,37-40,42H,15-20,22-23,26-27,29-30,32H2,2H3,(H,50,51). The Morgan fingerprint density at radius 2 is 1.39 bits per heavy atom. The number of ether oxygens (including phenoxy) is 3. The number of aliphatic carboxylic acids is 1. The van der Waals surface area contributed by atoms with Crippen LogP contribution in [0.2, 0.25) is 0 Å². The first kappa shape index (κ1) is 40.9. The number of alkyl halides is 1. The fourth-order valence-electron chi connectivity index (χ4n) is 8.03. The summed E-state index contributed by atoms with van der Waals surface area (Å²) in [6, 6.07) is 22.7. The normalized spacial score (nSPS) is 24.8. The van der Waals surface area contributed by atoms with Crippen LogP contribution in [-0.4, -0.2) is 46.4 Å². The van der Waals surface area contributed by atoms with Gasteiger partial charge in [-0.3, -0.25) is 12.7 Å². The molecule has 0 aliphatic heterocycles. The van der Waals surface area contributed by atoms with Crippen molar-refractivity contribution in [1.82, 2.24) is 0 Å². The molecule has 0 unspecified atom stereocenters. The molecule has 0 aromatic heterocycles. The molecule has 6 rings (SSSR count). The van der Waals surface area contributed by atoms with Crippen LogP contribution < -0.4 is 4.74 Å². The summed E-state index contributed by atoms with van der Waals surface area (Å²) in [5.41, 5.74) is 2.17. The lowest BCUT2D eigenvalue weighted by Gasteiger charge is -2.40. The lowest BCUT2D eigenvalue weighted by molar-refractivity contribution is -0.146. The molecule has 0 spiro atoms. The maximum atomic E-state index is 13.9. The van der Waals surface area contributed by atoms with Gasteiger partial charge < -0.3 is 19.3 Å². The molecule has 3 fully saturated rings. The number of benzene rings is 3. The molecule has 0 saturated heterocycles. The molecule has 1 N–H and O–H groups in total. The van der Waals surface area contributed by atoms with E-state index < -0.39 is 35.3 Å². The predicted octanol–water partition coefficient (Wildman–Crippen LogP) is 9.32. The number of methoxy groups -OCH3 is 1. The zero-order valence-corrected chi connectivity index (χ0v) is 34.0. The van der Waals surface area contributed by atoms with Gasteiger partial charge in [-0.1, -0.05) is 41.9 Å². The SMILES string of the molecule is C#Cc1cc(C(=O)OC2(C#Cc3ccc(C#Cc4ccccc4)cc3)CCC(C3CCC(N=ICOC)CC3)CC2)ccc1OC(=O)C1CCC(C(=O)O)CC1. The third-order valence-electron chi connectivity index (χ3n) is 11.3. The Hall–Kier alpha value is -4.76. The van der Waals surface area contributed by atoms with Crippen molar-refractivity contribution in [2.45, 2.75) is 88.7 Å². The maximum absolute atomic E-state index is 13.9. The van der Waals surface area contributed by atoms with Gasteiger partial charge in [0.25, 0.3) is 0 Å². The van der Waals surface area contributed by atoms with Gasteiger partial charge in [-0.2, -0.15) is 0 Å². The average Bonchev–Trinajstić information content (AvgIpc) is 3.23. The number of halogens is 1. The summed E-state index contributed by atoms with van der Waals surface area (Å²) in [5, 5.41) is 9.30. The van der Waals surface area contributed by atoms with E-state index in [0.29, 0.717) is 56.4 Å². The van der Waals surface area contributed by atoms with Gasteiger partial charge in [-0.05, 0) is 149 Å². The molecule has 9 heteroatoms. The highest BCUT2D eigenvalue weighted by Gasteiger charge is 2.41. The summed E-state index contributed by atoms with van der Waals surface area (Å²) < 4.78 is 23.0. The third-order valence-corrected chi connectivity index (χ3v) is 13.4. The van der Waals surface area contributed by atoms with E-state index in [4.69, 9.17) is 23.8 Å². The van der Waals surface area contributed by atoms with Crippen molar-refractivity contribution < 1.29 is 33.7 Å². The molecular weight excluding hydrogens is 817 g/mol. The fraction of sp³-hybridized carbons (Fsp3) is 0.426. The summed E-state index contributed by atoms with van der Waals surface area (Å²) >= 11 is -0.243. The van der Waals surface area contributed by atoms with Gasteiger partial charge in [0, 0.05) is 44.8 Å². The molecule has 290 valence electrons. The predicted molar refractivity (Wildman–Crippen MR) is 223 cm³/mol. The minimum atomic E-state index is -0.979. The van der Waals surface area contributed by atoms with Crippen LogP contribution in [0.1, 0.15) is 110 Å². The van der Waals surface area contributed by atoms with Crippen molar-refractivity contribution in [2.24, 2.45) is 26.8 Å². The summed E-state index contributed by atoms with van der Waals surface area (Å²) in [6.07, 6.45) is 15.2. The van der Waals surface area contributed by atoms with E-state index in [1.807, 2.05) is 54.6 Å². The second-order valence-electron chi connectivity index (χ2n) is 15.0. The highest BCUT2D eigenvalue weighted by atomic mass is 127. The van der Waals surface area contributed by atoms with Gasteiger partial charge in [0.05, 0.1) is 29.0 Å². The van der Waals surface area contributed by atoms with Crippen LogP contribution >= 0.6 is 21.0 Å². The first-order chi connectivity index (χ1) is 27.2. The smallest absolute Gasteiger partial charge is 0.339 e. The van der Waals surface area contributed by atoms with E-state index in [-0.39, 0.29) is 37.9 Å². The Morgan fingerprint density at radius 1 is 0.786 bits per heavy atom. The number of carboxylic acids is 1. The Morgan fingerprint density at radius 3 is 2.02 bits per heavy atom. The quantitative estimate of drug-likeness (QED) is 0.0751. The first-order valence-corrected chi connectivity index (χ1v) is 22.0. The molecular formula is C47H48INO7. The molecule has 0 bridgehead atoms. The molecule has 3 aliphatic rings. The number of carbonyl (C=O) groups excluding carboxylic acids is 2. The highest BCUT2D eigenvalue weighted by Crippen LogP contribution is 2.44. The zero-order valence-electron chi connectivity index (χ0n) is 31.8. The molecule has 3 aromatic carbocycles. The monoisotopic (exact) mass is 865 g/mol. The van der Waals surface area contributed by atoms with Crippen molar-refractivity contribution in [3.05, 3.63) is 101 Å². The lowest BCUT2D eigenvalue weighted by atomic mass is 9.69. The number of nitrogens with zero attached hydrogens (tertiary/aromatic N) is 1. The van der Waals surface area contributed by atoms with E-state index in [1.54, 1.807) is 13.2 Å². The Labute approximate surface area is 340 Å². The molecule has 0 radical (unpaired) electrons. The minimum absolute atomic E-state index is 0.185. The van der Waals surface area contributed by atoms with Gasteiger partial charge in [0.1, 0.15) is 10.4 Å². The van der Waals surface area contributed by atoms with Crippen molar-refractivity contribution >= 4 is 38.9 Å². The second-order valence-corrected chi connectivity index (χ2v) is 16.9. The number of esters is 2. The van der Waals surface area contributed by atoms with E-state index in [0.717, 1.165) is 47.0 Å². The molecule has 0 amide bonds. The minimum Gasteiger partial charge on any atom is -0.481 e. The molecule has 3 saturated carbocycles. The fourth-order valence-corrected chi connectivity index (χ4v) is 9.58. The van der Waals surface area contributed by atoms with Crippen LogP contribution in [0.3, 0.4) is 0 Å². The lowest BCUT2D eigenvalue weighted by Crippen LogP contribution is -2.40. The van der Waals surface area contributed by atoms with Crippen molar-refractivity contribution in [3.8, 4) is 41.8 Å². The van der Waals surface area contributed by atoms with Crippen LogP contribution in [0.15, 0.2) is 75.9 Å². The summed E-state index contributed by atoms with van der Waals surface area (Å²) in [7, 11) is 1.74. The van der Waals surface area contributed by atoms with E-state index >= 15 is 0 Å². The topological polar surface area (TPSA) is 111 Å². The van der Waals surface area contributed by atoms with E-state index in [2.05, 4.69) is 29.6 Å². The molecule has 8 nitrogen and oxygen atoms in total. The molecule has 0 atom stereocenters. The summed E-state index contributed by atoms with van der Waals surface area (Å²) in [6.45, 7) is 0.